The molecule has 0 saturated carbocycles. The second-order valence-corrected chi connectivity index (χ2v) is 6.02. The maximum absolute atomic E-state index is 11.9. The molecule has 1 aliphatic rings. The first-order valence-corrected chi connectivity index (χ1v) is 7.74. The molecule has 0 spiro atoms. The molecule has 1 amide bonds. The van der Waals surface area contributed by atoms with Crippen LogP contribution >= 0.6 is 34.2 Å². The number of rotatable bonds is 4. The summed E-state index contributed by atoms with van der Waals surface area (Å²) in [5.41, 5.74) is 2.03. The minimum Gasteiger partial charge on any atom is -0.352 e. The van der Waals surface area contributed by atoms with Crippen LogP contribution in [-0.4, -0.2) is 25.5 Å². The van der Waals surface area contributed by atoms with Crippen LogP contribution in [0, 0.1) is 3.57 Å². The molecule has 3 nitrogen and oxygen atoms in total. The molecule has 2 N–H and O–H groups in total. The third-order valence-corrected chi connectivity index (χ3v) is 4.64. The van der Waals surface area contributed by atoms with Gasteiger partial charge in [0.15, 0.2) is 0 Å². The summed E-state index contributed by atoms with van der Waals surface area (Å²) in [7, 11) is 0. The average Bonchev–Trinajstić information content (AvgIpc) is 2.43. The highest BCUT2D eigenvalue weighted by molar-refractivity contribution is 14.1. The highest BCUT2D eigenvalue weighted by Crippen LogP contribution is 2.19. The molecule has 0 aromatic heterocycles. The van der Waals surface area contributed by atoms with Crippen LogP contribution in [0.1, 0.15) is 23.2 Å². The number of hydrogen-bond acceptors (Lipinski definition) is 2. The van der Waals surface area contributed by atoms with Gasteiger partial charge in [-0.25, -0.2) is 0 Å². The van der Waals surface area contributed by atoms with E-state index in [0.29, 0.717) is 17.1 Å². The molecule has 0 unspecified atom stereocenters. The first-order valence-electron chi connectivity index (χ1n) is 6.28. The summed E-state index contributed by atoms with van der Waals surface area (Å²) in [6.07, 6.45) is 4.20. The molecule has 0 atom stereocenters. The Morgan fingerprint density at radius 3 is 3.00 bits per heavy atom. The molecule has 1 aliphatic heterocycles. The second kappa shape index (κ2) is 7.26. The van der Waals surface area contributed by atoms with Crippen LogP contribution < -0.4 is 10.6 Å². The SMILES string of the molecule is O=C(NCCC1=CCNCC1)c1ccc(I)c(Cl)c1. The Hall–Kier alpha value is -0.590. The third kappa shape index (κ3) is 4.47. The lowest BCUT2D eigenvalue weighted by Crippen LogP contribution is -2.26. The van der Waals surface area contributed by atoms with Crippen LogP contribution in [0.3, 0.4) is 0 Å². The summed E-state index contributed by atoms with van der Waals surface area (Å²) in [5.74, 6) is -0.0622. The number of amides is 1. The lowest BCUT2D eigenvalue weighted by atomic mass is 10.1. The smallest absolute Gasteiger partial charge is 0.251 e. The van der Waals surface area contributed by atoms with E-state index >= 15 is 0 Å². The van der Waals surface area contributed by atoms with E-state index in [1.807, 2.05) is 6.07 Å². The summed E-state index contributed by atoms with van der Waals surface area (Å²) in [4.78, 5) is 11.9. The lowest BCUT2D eigenvalue weighted by molar-refractivity contribution is 0.0954. The highest BCUT2D eigenvalue weighted by Gasteiger charge is 2.08. The maximum atomic E-state index is 11.9. The number of carbonyl (C=O) groups is 1. The van der Waals surface area contributed by atoms with Crippen LogP contribution in [0.2, 0.25) is 5.02 Å². The van der Waals surface area contributed by atoms with E-state index in [2.05, 4.69) is 39.3 Å². The Bertz CT molecular complexity index is 502. The van der Waals surface area contributed by atoms with Crippen molar-refractivity contribution in [3.8, 4) is 0 Å². The zero-order chi connectivity index (χ0) is 13.7. The minimum absolute atomic E-state index is 0.0622. The number of nitrogens with one attached hydrogen (secondary N) is 2. The van der Waals surface area contributed by atoms with E-state index in [9.17, 15) is 4.79 Å². The third-order valence-electron chi connectivity index (χ3n) is 3.07. The quantitative estimate of drug-likeness (QED) is 0.613. The molecular weight excluding hydrogens is 375 g/mol. The fourth-order valence-electron chi connectivity index (χ4n) is 1.97. The molecule has 1 aromatic carbocycles. The summed E-state index contributed by atoms with van der Waals surface area (Å²) < 4.78 is 0.954. The van der Waals surface area contributed by atoms with Crippen LogP contribution in [0.25, 0.3) is 0 Å². The summed E-state index contributed by atoms with van der Waals surface area (Å²) in [6, 6.07) is 5.36. The summed E-state index contributed by atoms with van der Waals surface area (Å²) in [6.45, 7) is 2.65. The topological polar surface area (TPSA) is 41.1 Å². The zero-order valence-corrected chi connectivity index (χ0v) is 13.4. The van der Waals surface area contributed by atoms with Crippen LogP contribution in [-0.2, 0) is 0 Å². The van der Waals surface area contributed by atoms with Crippen LogP contribution in [0.5, 0.6) is 0 Å². The molecule has 1 aromatic rings. The van der Waals surface area contributed by atoms with Crippen molar-refractivity contribution in [3.05, 3.63) is 44.0 Å². The molecule has 102 valence electrons. The number of halogens is 2. The van der Waals surface area contributed by atoms with E-state index in [-0.39, 0.29) is 5.91 Å². The first kappa shape index (κ1) is 14.8. The second-order valence-electron chi connectivity index (χ2n) is 4.45. The van der Waals surface area contributed by atoms with Gasteiger partial charge in [-0.2, -0.15) is 0 Å². The predicted octanol–water partition coefficient (Wildman–Crippen LogP) is 2.98. The molecule has 0 aliphatic carbocycles. The van der Waals surface area contributed by atoms with E-state index in [1.165, 1.54) is 5.57 Å². The zero-order valence-electron chi connectivity index (χ0n) is 10.5. The van der Waals surface area contributed by atoms with E-state index in [0.717, 1.165) is 29.5 Å². The lowest BCUT2D eigenvalue weighted by Gasteiger charge is -2.14. The van der Waals surface area contributed by atoms with Crippen molar-refractivity contribution in [1.29, 1.82) is 0 Å². The van der Waals surface area contributed by atoms with Gasteiger partial charge >= 0.3 is 0 Å². The molecule has 0 radical (unpaired) electrons. The van der Waals surface area contributed by atoms with Gasteiger partial charge < -0.3 is 10.6 Å². The van der Waals surface area contributed by atoms with Gasteiger partial charge in [0.1, 0.15) is 0 Å². The van der Waals surface area contributed by atoms with Crippen molar-refractivity contribution < 1.29 is 4.79 Å². The molecule has 5 heteroatoms. The summed E-state index contributed by atoms with van der Waals surface area (Å²) in [5, 5.41) is 6.82. The van der Waals surface area contributed by atoms with E-state index < -0.39 is 0 Å². The molecular formula is C14H16ClIN2O. The van der Waals surface area contributed by atoms with Gasteiger partial charge in [-0.1, -0.05) is 23.3 Å². The fourth-order valence-corrected chi connectivity index (χ4v) is 2.49. The first-order chi connectivity index (χ1) is 9.16. The maximum Gasteiger partial charge on any atom is 0.251 e. The largest absolute Gasteiger partial charge is 0.352 e. The summed E-state index contributed by atoms with van der Waals surface area (Å²) >= 11 is 8.16. The van der Waals surface area contributed by atoms with Gasteiger partial charge in [-0.3, -0.25) is 4.79 Å². The Balaban J connectivity index is 1.83. The van der Waals surface area contributed by atoms with Crippen molar-refractivity contribution >= 4 is 40.1 Å². The average molecular weight is 391 g/mol. The Morgan fingerprint density at radius 2 is 2.32 bits per heavy atom. The Kier molecular flexibility index (Phi) is 5.66. The van der Waals surface area contributed by atoms with Crippen molar-refractivity contribution in [2.75, 3.05) is 19.6 Å². The molecule has 0 bridgehead atoms. The standard InChI is InChI=1S/C14H16ClIN2O/c15-12-9-11(1-2-13(12)16)14(19)18-8-5-10-3-6-17-7-4-10/h1-3,9,17H,4-8H2,(H,18,19). The molecule has 2 rings (SSSR count). The number of benzene rings is 1. The van der Waals surface area contributed by atoms with Crippen molar-refractivity contribution in [2.24, 2.45) is 0 Å². The Morgan fingerprint density at radius 1 is 1.47 bits per heavy atom. The van der Waals surface area contributed by atoms with Gasteiger partial charge in [0, 0.05) is 22.2 Å². The normalized spacial score (nSPS) is 14.9. The Labute approximate surface area is 131 Å². The monoisotopic (exact) mass is 390 g/mol. The van der Waals surface area contributed by atoms with Crippen molar-refractivity contribution in [3.63, 3.8) is 0 Å². The number of hydrogen-bond donors (Lipinski definition) is 2. The van der Waals surface area contributed by atoms with E-state index in [4.69, 9.17) is 11.6 Å². The van der Waals surface area contributed by atoms with Crippen LogP contribution in [0.4, 0.5) is 0 Å². The van der Waals surface area contributed by atoms with Gasteiger partial charge in [0.05, 0.1) is 5.02 Å². The van der Waals surface area contributed by atoms with Crippen molar-refractivity contribution in [1.82, 2.24) is 10.6 Å². The van der Waals surface area contributed by atoms with Crippen molar-refractivity contribution in [2.45, 2.75) is 12.8 Å². The van der Waals surface area contributed by atoms with Gasteiger partial charge in [0.2, 0.25) is 0 Å². The molecule has 19 heavy (non-hydrogen) atoms. The number of carbonyl (C=O) groups excluding carboxylic acids is 1. The van der Waals surface area contributed by atoms with Gasteiger partial charge in [0.25, 0.3) is 5.91 Å². The molecule has 1 heterocycles. The predicted molar refractivity (Wildman–Crippen MR) is 86.7 cm³/mol. The molecule has 0 saturated heterocycles. The van der Waals surface area contributed by atoms with Gasteiger partial charge in [-0.05, 0) is 60.2 Å². The molecule has 0 fully saturated rings. The minimum atomic E-state index is -0.0622. The van der Waals surface area contributed by atoms with E-state index in [1.54, 1.807) is 12.1 Å². The highest BCUT2D eigenvalue weighted by atomic mass is 127. The van der Waals surface area contributed by atoms with Crippen LogP contribution in [0.15, 0.2) is 29.8 Å². The van der Waals surface area contributed by atoms with Gasteiger partial charge in [-0.15, -0.1) is 0 Å². The fraction of sp³-hybridized carbons (Fsp3) is 0.357.